The third kappa shape index (κ3) is 1.67. The Labute approximate surface area is 122 Å². The van der Waals surface area contributed by atoms with Crippen molar-refractivity contribution in [3.8, 4) is 11.1 Å². The van der Waals surface area contributed by atoms with Crippen LogP contribution in [0, 0.1) is 13.8 Å². The maximum absolute atomic E-state index is 2.35. The van der Waals surface area contributed by atoms with Crippen molar-refractivity contribution in [2.24, 2.45) is 0 Å². The zero-order valence-corrected chi connectivity index (χ0v) is 13.0. The summed E-state index contributed by atoms with van der Waals surface area (Å²) < 4.78 is 0. The van der Waals surface area contributed by atoms with Gasteiger partial charge in [0.1, 0.15) is 0 Å². The molecule has 102 valence electrons. The molecule has 0 nitrogen and oxygen atoms in total. The van der Waals surface area contributed by atoms with Crippen molar-refractivity contribution in [1.29, 1.82) is 0 Å². The van der Waals surface area contributed by atoms with E-state index in [4.69, 9.17) is 0 Å². The summed E-state index contributed by atoms with van der Waals surface area (Å²) >= 11 is 0. The first-order chi connectivity index (χ1) is 9.46. The van der Waals surface area contributed by atoms with Crippen LogP contribution < -0.4 is 0 Å². The van der Waals surface area contributed by atoms with Crippen LogP contribution in [0.1, 0.15) is 48.6 Å². The largest absolute Gasteiger partial charge is 0.0871 e. The lowest BCUT2D eigenvalue weighted by molar-refractivity contribution is 0.655. The molecule has 0 aromatic heterocycles. The molecule has 0 aliphatic heterocycles. The van der Waals surface area contributed by atoms with Gasteiger partial charge in [-0.25, -0.2) is 0 Å². The van der Waals surface area contributed by atoms with Gasteiger partial charge in [0.05, 0.1) is 0 Å². The molecule has 0 saturated heterocycles. The van der Waals surface area contributed by atoms with E-state index in [-0.39, 0.29) is 5.41 Å². The summed E-state index contributed by atoms with van der Waals surface area (Å²) in [6.07, 6.45) is 4.33. The molecule has 0 spiro atoms. The summed E-state index contributed by atoms with van der Waals surface area (Å²) in [5.41, 5.74) is 9.97. The number of rotatable bonds is 1. The number of hydrogen-bond donors (Lipinski definition) is 0. The van der Waals surface area contributed by atoms with Gasteiger partial charge >= 0.3 is 0 Å². The predicted octanol–water partition coefficient (Wildman–Crippen LogP) is 5.64. The van der Waals surface area contributed by atoms with Crippen molar-refractivity contribution in [3.05, 3.63) is 64.2 Å². The van der Waals surface area contributed by atoms with Crippen LogP contribution in [0.5, 0.6) is 0 Å². The first-order valence-electron chi connectivity index (χ1n) is 7.35. The lowest BCUT2D eigenvalue weighted by Crippen LogP contribution is -2.17. The molecular formula is C20H22. The zero-order valence-electron chi connectivity index (χ0n) is 13.0. The van der Waals surface area contributed by atoms with Crippen LogP contribution in [0.4, 0.5) is 0 Å². The van der Waals surface area contributed by atoms with E-state index in [1.165, 1.54) is 38.9 Å². The molecule has 0 amide bonds. The number of benzene rings is 2. The van der Waals surface area contributed by atoms with Crippen LogP contribution in [0.2, 0.25) is 0 Å². The fourth-order valence-corrected chi connectivity index (χ4v) is 3.66. The molecule has 0 heteroatoms. The Bertz CT molecular complexity index is 715. The summed E-state index contributed by atoms with van der Waals surface area (Å²) in [7, 11) is 0. The Morgan fingerprint density at radius 2 is 1.65 bits per heavy atom. The van der Waals surface area contributed by atoms with Gasteiger partial charge < -0.3 is 0 Å². The van der Waals surface area contributed by atoms with Crippen molar-refractivity contribution in [2.75, 3.05) is 0 Å². The molecule has 2 aromatic carbocycles. The monoisotopic (exact) mass is 262 g/mol. The van der Waals surface area contributed by atoms with Crippen LogP contribution in [0.25, 0.3) is 17.2 Å². The van der Waals surface area contributed by atoms with Crippen LogP contribution in [0.3, 0.4) is 0 Å². The van der Waals surface area contributed by atoms with E-state index in [0.29, 0.717) is 0 Å². The summed E-state index contributed by atoms with van der Waals surface area (Å²) in [5.74, 6) is 0. The lowest BCUT2D eigenvalue weighted by atomic mass is 9.79. The summed E-state index contributed by atoms with van der Waals surface area (Å²) in [6.45, 7) is 11.2. The average Bonchev–Trinajstić information content (AvgIpc) is 2.62. The van der Waals surface area contributed by atoms with Gasteiger partial charge in [-0.1, -0.05) is 61.9 Å². The Balaban J connectivity index is 2.35. The molecule has 20 heavy (non-hydrogen) atoms. The van der Waals surface area contributed by atoms with E-state index >= 15 is 0 Å². The molecule has 3 rings (SSSR count). The molecule has 0 atom stereocenters. The van der Waals surface area contributed by atoms with Gasteiger partial charge in [0.25, 0.3) is 0 Å². The molecule has 0 heterocycles. The minimum absolute atomic E-state index is 0.0956. The Morgan fingerprint density at radius 3 is 2.35 bits per heavy atom. The number of hydrogen-bond acceptors (Lipinski definition) is 0. The highest BCUT2D eigenvalue weighted by Crippen LogP contribution is 2.50. The molecule has 0 N–H and O–H groups in total. The average molecular weight is 262 g/mol. The quantitative estimate of drug-likeness (QED) is 0.623. The fourth-order valence-electron chi connectivity index (χ4n) is 3.66. The Kier molecular flexibility index (Phi) is 2.86. The van der Waals surface area contributed by atoms with Crippen molar-refractivity contribution < 1.29 is 0 Å². The third-order valence-corrected chi connectivity index (χ3v) is 4.62. The molecule has 0 unspecified atom stereocenters. The second kappa shape index (κ2) is 4.34. The fraction of sp³-hybridized carbons (Fsp3) is 0.300. The summed E-state index contributed by atoms with van der Waals surface area (Å²) in [6, 6.07) is 11.4. The van der Waals surface area contributed by atoms with Gasteiger partial charge in [0.15, 0.2) is 0 Å². The van der Waals surface area contributed by atoms with E-state index < -0.39 is 0 Å². The van der Waals surface area contributed by atoms with Crippen LogP contribution in [-0.4, -0.2) is 0 Å². The van der Waals surface area contributed by atoms with Crippen LogP contribution in [0.15, 0.2) is 36.4 Å². The van der Waals surface area contributed by atoms with Crippen molar-refractivity contribution in [3.63, 3.8) is 0 Å². The smallest absolute Gasteiger partial charge is 0.0161 e. The van der Waals surface area contributed by atoms with Gasteiger partial charge in [0, 0.05) is 5.41 Å². The predicted molar refractivity (Wildman–Crippen MR) is 88.2 cm³/mol. The summed E-state index contributed by atoms with van der Waals surface area (Å²) in [4.78, 5) is 0. The van der Waals surface area contributed by atoms with E-state index in [2.05, 4.69) is 77.1 Å². The molecular weight excluding hydrogens is 240 g/mol. The Morgan fingerprint density at radius 1 is 0.950 bits per heavy atom. The SMILES string of the molecule is CC=Cc1ccc2c(c1C)C(C)(C)c1cc(C)ccc1-2. The molecule has 1 aliphatic rings. The standard InChI is InChI=1S/C20H22/c1-6-7-15-9-11-17-16-10-8-13(2)12-18(16)20(4,5)19(17)14(15)3/h6-12H,1-5H3. The maximum Gasteiger partial charge on any atom is 0.0161 e. The van der Waals surface area contributed by atoms with Gasteiger partial charge in [-0.2, -0.15) is 0 Å². The van der Waals surface area contributed by atoms with Crippen molar-refractivity contribution in [1.82, 2.24) is 0 Å². The normalized spacial score (nSPS) is 15.4. The van der Waals surface area contributed by atoms with E-state index in [9.17, 15) is 0 Å². The van der Waals surface area contributed by atoms with Gasteiger partial charge in [-0.05, 0) is 54.2 Å². The molecule has 0 saturated carbocycles. The van der Waals surface area contributed by atoms with Crippen molar-refractivity contribution in [2.45, 2.75) is 40.0 Å². The molecule has 1 aliphatic carbocycles. The van der Waals surface area contributed by atoms with Crippen LogP contribution >= 0.6 is 0 Å². The minimum atomic E-state index is 0.0956. The highest BCUT2D eigenvalue weighted by atomic mass is 14.4. The Hall–Kier alpha value is -1.82. The maximum atomic E-state index is 2.35. The molecule has 0 radical (unpaired) electrons. The van der Waals surface area contributed by atoms with E-state index in [1.54, 1.807) is 0 Å². The lowest BCUT2D eigenvalue weighted by Gasteiger charge is -2.24. The highest BCUT2D eigenvalue weighted by molar-refractivity contribution is 5.83. The molecule has 2 aromatic rings. The molecule has 0 bridgehead atoms. The van der Waals surface area contributed by atoms with Gasteiger partial charge in [-0.15, -0.1) is 0 Å². The van der Waals surface area contributed by atoms with E-state index in [0.717, 1.165) is 0 Å². The van der Waals surface area contributed by atoms with Gasteiger partial charge in [0.2, 0.25) is 0 Å². The zero-order chi connectivity index (χ0) is 14.5. The first kappa shape index (κ1) is 13.2. The minimum Gasteiger partial charge on any atom is -0.0871 e. The van der Waals surface area contributed by atoms with Crippen molar-refractivity contribution >= 4 is 6.08 Å². The van der Waals surface area contributed by atoms with E-state index in [1.807, 2.05) is 0 Å². The second-order valence-electron chi connectivity index (χ2n) is 6.38. The van der Waals surface area contributed by atoms with Crippen LogP contribution in [-0.2, 0) is 5.41 Å². The third-order valence-electron chi connectivity index (χ3n) is 4.62. The summed E-state index contributed by atoms with van der Waals surface area (Å²) in [5, 5.41) is 0. The number of fused-ring (bicyclic) bond motifs is 3. The van der Waals surface area contributed by atoms with Gasteiger partial charge in [-0.3, -0.25) is 0 Å². The first-order valence-corrected chi connectivity index (χ1v) is 7.35. The topological polar surface area (TPSA) is 0 Å². The molecule has 0 fully saturated rings. The highest BCUT2D eigenvalue weighted by Gasteiger charge is 2.36. The second-order valence-corrected chi connectivity index (χ2v) is 6.38. The number of aryl methyl sites for hydroxylation is 1. The number of allylic oxidation sites excluding steroid dienone is 1.